The van der Waals surface area contributed by atoms with Crippen molar-refractivity contribution >= 4 is 37.5 Å². The van der Waals surface area contributed by atoms with Crippen molar-refractivity contribution in [2.45, 2.75) is 31.3 Å². The van der Waals surface area contributed by atoms with Crippen molar-refractivity contribution in [3.8, 4) is 0 Å². The Labute approximate surface area is 180 Å². The van der Waals surface area contributed by atoms with E-state index >= 15 is 0 Å². The highest BCUT2D eigenvalue weighted by molar-refractivity contribution is 7.89. The molecule has 10 heteroatoms. The van der Waals surface area contributed by atoms with Crippen LogP contribution in [0.4, 0.5) is 0 Å². The first-order chi connectivity index (χ1) is 14.3. The average molecular weight is 448 g/mol. The van der Waals surface area contributed by atoms with Crippen LogP contribution >= 0.6 is 11.3 Å². The number of benzene rings is 1. The molecule has 0 saturated carbocycles. The molecule has 3 heterocycles. The Hall–Kier alpha value is -2.30. The predicted octanol–water partition coefficient (Wildman–Crippen LogP) is 2.40. The van der Waals surface area contributed by atoms with Crippen LogP contribution in [0.2, 0.25) is 0 Å². The summed E-state index contributed by atoms with van der Waals surface area (Å²) in [5.41, 5.74) is 0.946. The van der Waals surface area contributed by atoms with E-state index in [1.807, 2.05) is 24.3 Å². The molecule has 4 rings (SSSR count). The summed E-state index contributed by atoms with van der Waals surface area (Å²) in [4.78, 5) is 23.4. The van der Waals surface area contributed by atoms with Gasteiger partial charge in [-0.15, -0.1) is 11.3 Å². The standard InChI is InChI=1S/C20H25N5O3S2/c1-14-21-19(13-23(14)2)30(27,28)25-10-8-15(9-11-25)20(26)24(3)12-18-22-16-6-4-5-7-17(16)29-18/h4-7,13,15H,8-12H2,1-3H3. The van der Waals surface area contributed by atoms with Crippen molar-refractivity contribution in [2.75, 3.05) is 20.1 Å². The molecule has 8 nitrogen and oxygen atoms in total. The minimum Gasteiger partial charge on any atom is -0.339 e. The Morgan fingerprint density at radius 2 is 1.93 bits per heavy atom. The highest BCUT2D eigenvalue weighted by Gasteiger charge is 2.34. The lowest BCUT2D eigenvalue weighted by Gasteiger charge is -2.31. The van der Waals surface area contributed by atoms with Gasteiger partial charge in [-0.3, -0.25) is 4.79 Å². The zero-order valence-electron chi connectivity index (χ0n) is 17.3. The van der Waals surface area contributed by atoms with Gasteiger partial charge >= 0.3 is 0 Å². The molecule has 0 N–H and O–H groups in total. The van der Waals surface area contributed by atoms with Gasteiger partial charge in [-0.25, -0.2) is 18.4 Å². The molecule has 1 saturated heterocycles. The topological polar surface area (TPSA) is 88.4 Å². The van der Waals surface area contributed by atoms with Crippen LogP contribution in [-0.4, -0.2) is 58.2 Å². The number of aryl methyl sites for hydroxylation is 2. The number of thiazole rings is 1. The first-order valence-electron chi connectivity index (χ1n) is 9.85. The summed E-state index contributed by atoms with van der Waals surface area (Å²) in [7, 11) is -0.0711. The molecule has 1 fully saturated rings. The number of hydrogen-bond donors (Lipinski definition) is 0. The van der Waals surface area contributed by atoms with Gasteiger partial charge in [0.15, 0.2) is 5.03 Å². The Kier molecular flexibility index (Phi) is 5.65. The number of rotatable bonds is 5. The summed E-state index contributed by atoms with van der Waals surface area (Å²) in [5, 5.41) is 0.970. The molecule has 1 aliphatic heterocycles. The molecule has 2 aromatic heterocycles. The summed E-state index contributed by atoms with van der Waals surface area (Å²) < 4.78 is 29.9. The second-order valence-electron chi connectivity index (χ2n) is 7.69. The van der Waals surface area contributed by atoms with Crippen LogP contribution < -0.4 is 0 Å². The number of carbonyl (C=O) groups is 1. The van der Waals surface area contributed by atoms with Crippen LogP contribution in [0.25, 0.3) is 10.2 Å². The largest absolute Gasteiger partial charge is 0.339 e. The Morgan fingerprint density at radius 3 is 2.57 bits per heavy atom. The van der Waals surface area contributed by atoms with E-state index in [4.69, 9.17) is 0 Å². The molecule has 3 aromatic rings. The van der Waals surface area contributed by atoms with Crippen molar-refractivity contribution in [3.63, 3.8) is 0 Å². The van der Waals surface area contributed by atoms with E-state index in [1.54, 1.807) is 41.8 Å². The maximum Gasteiger partial charge on any atom is 0.262 e. The van der Waals surface area contributed by atoms with E-state index < -0.39 is 10.0 Å². The van der Waals surface area contributed by atoms with Crippen LogP contribution in [0, 0.1) is 12.8 Å². The third kappa shape index (κ3) is 3.99. The molecule has 30 heavy (non-hydrogen) atoms. The average Bonchev–Trinajstić information content (AvgIpc) is 3.30. The minimum absolute atomic E-state index is 0.0417. The maximum absolute atomic E-state index is 12.9. The smallest absolute Gasteiger partial charge is 0.262 e. The monoisotopic (exact) mass is 447 g/mol. The highest BCUT2D eigenvalue weighted by atomic mass is 32.2. The van der Waals surface area contributed by atoms with Gasteiger partial charge in [0.05, 0.1) is 16.8 Å². The van der Waals surface area contributed by atoms with Gasteiger partial charge in [-0.1, -0.05) is 12.1 Å². The highest BCUT2D eigenvalue weighted by Crippen LogP contribution is 2.26. The summed E-state index contributed by atoms with van der Waals surface area (Å²) in [6.45, 7) is 2.88. The van der Waals surface area contributed by atoms with Crippen LogP contribution in [0.15, 0.2) is 35.5 Å². The third-order valence-electron chi connectivity index (χ3n) is 5.58. The second kappa shape index (κ2) is 8.09. The number of amides is 1. The maximum atomic E-state index is 12.9. The fourth-order valence-corrected chi connectivity index (χ4v) is 6.22. The lowest BCUT2D eigenvalue weighted by Crippen LogP contribution is -2.43. The molecular weight excluding hydrogens is 422 g/mol. The lowest BCUT2D eigenvalue weighted by molar-refractivity contribution is -0.135. The summed E-state index contributed by atoms with van der Waals surface area (Å²) in [6.07, 6.45) is 2.55. The number of piperidine rings is 1. The first-order valence-corrected chi connectivity index (χ1v) is 12.1. The normalized spacial score (nSPS) is 16.2. The van der Waals surface area contributed by atoms with E-state index in [1.165, 1.54) is 10.5 Å². The van der Waals surface area contributed by atoms with Gasteiger partial charge in [-0.05, 0) is 31.9 Å². The van der Waals surface area contributed by atoms with Gasteiger partial charge in [-0.2, -0.15) is 4.31 Å². The van der Waals surface area contributed by atoms with Crippen LogP contribution in [-0.2, 0) is 28.4 Å². The zero-order valence-corrected chi connectivity index (χ0v) is 18.9. The number of hydrogen-bond acceptors (Lipinski definition) is 6. The first kappa shape index (κ1) is 21.0. The van der Waals surface area contributed by atoms with Crippen molar-refractivity contribution in [3.05, 3.63) is 41.3 Å². The van der Waals surface area contributed by atoms with Crippen molar-refractivity contribution < 1.29 is 13.2 Å². The summed E-state index contributed by atoms with van der Waals surface area (Å²) in [6, 6.07) is 7.93. The second-order valence-corrected chi connectivity index (χ2v) is 10.7. The quantitative estimate of drug-likeness (QED) is 0.599. The number of sulfonamides is 1. The Morgan fingerprint density at radius 1 is 1.23 bits per heavy atom. The molecule has 0 bridgehead atoms. The number of aromatic nitrogens is 3. The molecule has 0 spiro atoms. The predicted molar refractivity (Wildman–Crippen MR) is 116 cm³/mol. The number of nitrogens with zero attached hydrogens (tertiary/aromatic N) is 5. The summed E-state index contributed by atoms with van der Waals surface area (Å²) >= 11 is 1.59. The van der Waals surface area contributed by atoms with Crippen molar-refractivity contribution in [1.29, 1.82) is 0 Å². The molecule has 0 atom stereocenters. The van der Waals surface area contributed by atoms with E-state index in [0.29, 0.717) is 38.3 Å². The number of imidazole rings is 1. The van der Waals surface area contributed by atoms with Crippen molar-refractivity contribution in [2.24, 2.45) is 13.0 Å². The van der Waals surface area contributed by atoms with Gasteiger partial charge in [0.2, 0.25) is 5.91 Å². The van der Waals surface area contributed by atoms with Crippen molar-refractivity contribution in [1.82, 2.24) is 23.7 Å². The van der Waals surface area contributed by atoms with E-state index in [9.17, 15) is 13.2 Å². The molecule has 1 aromatic carbocycles. The molecule has 0 unspecified atom stereocenters. The van der Waals surface area contributed by atoms with Gasteiger partial charge in [0.25, 0.3) is 10.0 Å². The van der Waals surface area contributed by atoms with Crippen LogP contribution in [0.3, 0.4) is 0 Å². The number of para-hydroxylation sites is 1. The molecule has 160 valence electrons. The third-order valence-corrected chi connectivity index (χ3v) is 8.37. The Balaban J connectivity index is 1.37. The van der Waals surface area contributed by atoms with E-state index in [-0.39, 0.29) is 16.9 Å². The SMILES string of the molecule is Cc1nc(S(=O)(=O)N2CCC(C(=O)N(C)Cc3nc4ccccc4s3)CC2)cn1C. The number of fused-ring (bicyclic) bond motifs is 1. The number of carbonyl (C=O) groups excluding carboxylic acids is 1. The lowest BCUT2D eigenvalue weighted by atomic mass is 9.97. The fraction of sp³-hybridized carbons (Fsp3) is 0.450. The van der Waals surface area contributed by atoms with Crippen LogP contribution in [0.1, 0.15) is 23.7 Å². The van der Waals surface area contributed by atoms with Gasteiger partial charge < -0.3 is 9.47 Å². The van der Waals surface area contributed by atoms with E-state index in [0.717, 1.165) is 15.2 Å². The fourth-order valence-electron chi connectivity index (χ4n) is 3.71. The molecular formula is C20H25N5O3S2. The van der Waals surface area contributed by atoms with Crippen LogP contribution in [0.5, 0.6) is 0 Å². The van der Waals surface area contributed by atoms with Gasteiger partial charge in [0.1, 0.15) is 10.8 Å². The molecule has 1 amide bonds. The van der Waals surface area contributed by atoms with Gasteiger partial charge in [0, 0.05) is 39.3 Å². The minimum atomic E-state index is -3.63. The molecule has 0 aliphatic carbocycles. The Bertz CT molecular complexity index is 1120. The summed E-state index contributed by atoms with van der Waals surface area (Å²) in [5.74, 6) is 0.511. The molecule has 0 radical (unpaired) electrons. The molecule has 1 aliphatic rings. The van der Waals surface area contributed by atoms with E-state index in [2.05, 4.69) is 9.97 Å². The zero-order chi connectivity index (χ0) is 21.5.